The second kappa shape index (κ2) is 3.49. The Balaban J connectivity index is 2.12. The summed E-state index contributed by atoms with van der Waals surface area (Å²) in [6.45, 7) is 0. The van der Waals surface area contributed by atoms with Gasteiger partial charge >= 0.3 is 17.9 Å². The van der Waals surface area contributed by atoms with Crippen LogP contribution < -0.4 is 0 Å². The molecule has 1 saturated heterocycles. The summed E-state index contributed by atoms with van der Waals surface area (Å²) in [6.07, 6.45) is 2.42. The Kier molecular flexibility index (Phi) is 2.30. The van der Waals surface area contributed by atoms with Gasteiger partial charge in [0.25, 0.3) is 0 Å². The highest BCUT2D eigenvalue weighted by molar-refractivity contribution is 5.97. The van der Waals surface area contributed by atoms with E-state index in [-0.39, 0.29) is 6.42 Å². The molecule has 80 valence electrons. The molecule has 2 unspecified atom stereocenters. The van der Waals surface area contributed by atoms with E-state index in [0.717, 1.165) is 0 Å². The fourth-order valence-corrected chi connectivity index (χ4v) is 2.06. The number of carbonyl (C=O) groups excluding carboxylic acids is 2. The van der Waals surface area contributed by atoms with Gasteiger partial charge < -0.3 is 9.84 Å². The van der Waals surface area contributed by atoms with Crippen molar-refractivity contribution in [3.8, 4) is 0 Å². The van der Waals surface area contributed by atoms with Crippen LogP contribution in [0, 0.1) is 11.8 Å². The number of carboxylic acid groups (broad SMARTS) is 1. The molecule has 1 fully saturated rings. The molecule has 0 amide bonds. The summed E-state index contributed by atoms with van der Waals surface area (Å²) >= 11 is 0. The van der Waals surface area contributed by atoms with Crippen LogP contribution in [-0.2, 0) is 19.1 Å². The monoisotopic (exact) mass is 210 g/mol. The first kappa shape index (κ1) is 9.89. The summed E-state index contributed by atoms with van der Waals surface area (Å²) in [6, 6.07) is 0. The summed E-state index contributed by atoms with van der Waals surface area (Å²) in [5, 5.41) is 8.60. The van der Waals surface area contributed by atoms with Crippen molar-refractivity contribution in [1.82, 2.24) is 0 Å². The van der Waals surface area contributed by atoms with Crippen molar-refractivity contribution in [2.24, 2.45) is 11.8 Å². The molecule has 0 saturated carbocycles. The van der Waals surface area contributed by atoms with Crippen molar-refractivity contribution < 1.29 is 24.2 Å². The number of hydrogen-bond donors (Lipinski definition) is 1. The Hall–Kier alpha value is -1.65. The van der Waals surface area contributed by atoms with Crippen LogP contribution in [0.5, 0.6) is 0 Å². The summed E-state index contributed by atoms with van der Waals surface area (Å²) in [5.74, 6) is -2.76. The van der Waals surface area contributed by atoms with Crippen LogP contribution in [0.3, 0.4) is 0 Å². The van der Waals surface area contributed by atoms with Crippen LogP contribution in [0.15, 0.2) is 11.6 Å². The zero-order chi connectivity index (χ0) is 11.0. The smallest absolute Gasteiger partial charge is 0.317 e. The van der Waals surface area contributed by atoms with Crippen molar-refractivity contribution in [2.75, 3.05) is 0 Å². The Morgan fingerprint density at radius 2 is 2.07 bits per heavy atom. The summed E-state index contributed by atoms with van der Waals surface area (Å²) in [7, 11) is 0. The molecule has 0 aromatic heterocycles. The van der Waals surface area contributed by atoms with Gasteiger partial charge in [0.2, 0.25) is 0 Å². The largest absolute Gasteiger partial charge is 0.481 e. The van der Waals surface area contributed by atoms with E-state index in [2.05, 4.69) is 4.74 Å². The summed E-state index contributed by atoms with van der Waals surface area (Å²) in [5.41, 5.74) is 0.704. The predicted molar refractivity (Wildman–Crippen MR) is 47.6 cm³/mol. The Morgan fingerprint density at radius 1 is 1.40 bits per heavy atom. The van der Waals surface area contributed by atoms with E-state index in [1.807, 2.05) is 0 Å². The van der Waals surface area contributed by atoms with Gasteiger partial charge in [-0.2, -0.15) is 0 Å². The Morgan fingerprint density at radius 3 is 2.73 bits per heavy atom. The van der Waals surface area contributed by atoms with E-state index < -0.39 is 29.7 Å². The molecule has 1 heterocycles. The fraction of sp³-hybridized carbons (Fsp3) is 0.500. The van der Waals surface area contributed by atoms with Crippen LogP contribution in [0.25, 0.3) is 0 Å². The number of carboxylic acids is 1. The molecular weight excluding hydrogens is 200 g/mol. The molecule has 2 atom stereocenters. The fourth-order valence-electron chi connectivity index (χ4n) is 2.06. The lowest BCUT2D eigenvalue weighted by molar-refractivity contribution is -0.153. The molecular formula is C10H10O5. The molecule has 0 spiro atoms. The lowest BCUT2D eigenvalue weighted by atomic mass is 9.80. The van der Waals surface area contributed by atoms with Crippen molar-refractivity contribution in [3.63, 3.8) is 0 Å². The molecule has 5 nitrogen and oxygen atoms in total. The van der Waals surface area contributed by atoms with E-state index >= 15 is 0 Å². The van der Waals surface area contributed by atoms with Gasteiger partial charge in [0.05, 0.1) is 18.3 Å². The van der Waals surface area contributed by atoms with Gasteiger partial charge in [0.15, 0.2) is 0 Å². The molecule has 1 aliphatic carbocycles. The lowest BCUT2D eigenvalue weighted by Gasteiger charge is -2.19. The van der Waals surface area contributed by atoms with Gasteiger partial charge in [-0.3, -0.25) is 14.4 Å². The number of esters is 2. The predicted octanol–water partition coefficient (Wildman–Crippen LogP) is 0.497. The van der Waals surface area contributed by atoms with Crippen molar-refractivity contribution in [3.05, 3.63) is 11.6 Å². The minimum absolute atomic E-state index is 0.0648. The minimum atomic E-state index is -0.919. The maximum absolute atomic E-state index is 11.2. The molecule has 1 aliphatic heterocycles. The second-order valence-electron chi connectivity index (χ2n) is 3.83. The quantitative estimate of drug-likeness (QED) is 0.407. The van der Waals surface area contributed by atoms with Crippen LogP contribution in [0.1, 0.15) is 19.3 Å². The maximum Gasteiger partial charge on any atom is 0.317 e. The minimum Gasteiger partial charge on any atom is -0.481 e. The number of fused-ring (bicyclic) bond motifs is 1. The van der Waals surface area contributed by atoms with Gasteiger partial charge in [-0.25, -0.2) is 0 Å². The summed E-state index contributed by atoms with van der Waals surface area (Å²) in [4.78, 5) is 32.9. The van der Waals surface area contributed by atoms with E-state index in [1.165, 1.54) is 0 Å². The third-order valence-electron chi connectivity index (χ3n) is 2.81. The molecule has 5 heteroatoms. The standard InChI is InChI=1S/C10H10O5/c11-8(12)4-5-1-2-6-7(3-5)10(14)15-9(6)13/h1,6-7H,2-4H2,(H,11,12). The number of aliphatic carboxylic acids is 1. The van der Waals surface area contributed by atoms with Crippen molar-refractivity contribution in [1.29, 1.82) is 0 Å². The molecule has 2 aliphatic rings. The topological polar surface area (TPSA) is 80.7 Å². The highest BCUT2D eigenvalue weighted by Gasteiger charge is 2.45. The highest BCUT2D eigenvalue weighted by Crippen LogP contribution is 2.37. The van der Waals surface area contributed by atoms with E-state index in [4.69, 9.17) is 5.11 Å². The van der Waals surface area contributed by atoms with Crippen molar-refractivity contribution in [2.45, 2.75) is 19.3 Å². The normalized spacial score (nSPS) is 29.5. The maximum atomic E-state index is 11.2. The van der Waals surface area contributed by atoms with E-state index in [9.17, 15) is 14.4 Å². The molecule has 0 bridgehead atoms. The van der Waals surface area contributed by atoms with Crippen LogP contribution in [-0.4, -0.2) is 23.0 Å². The molecule has 1 N–H and O–H groups in total. The number of ether oxygens (including phenoxy) is 1. The molecule has 2 rings (SSSR count). The Labute approximate surface area is 85.7 Å². The SMILES string of the molecule is O=C(O)CC1=CCC2C(=O)OC(=O)C2C1. The number of hydrogen-bond acceptors (Lipinski definition) is 4. The van der Waals surface area contributed by atoms with Gasteiger partial charge in [0.1, 0.15) is 0 Å². The number of rotatable bonds is 2. The third kappa shape index (κ3) is 1.77. The first-order chi connectivity index (χ1) is 7.08. The number of carbonyl (C=O) groups is 3. The molecule has 0 aromatic carbocycles. The first-order valence-electron chi connectivity index (χ1n) is 4.73. The van der Waals surface area contributed by atoms with Gasteiger partial charge in [-0.15, -0.1) is 0 Å². The lowest BCUT2D eigenvalue weighted by Crippen LogP contribution is -2.22. The molecule has 0 aromatic rings. The van der Waals surface area contributed by atoms with Crippen LogP contribution in [0.4, 0.5) is 0 Å². The van der Waals surface area contributed by atoms with Gasteiger partial charge in [-0.1, -0.05) is 11.6 Å². The number of cyclic esters (lactones) is 2. The summed E-state index contributed by atoms with van der Waals surface area (Å²) < 4.78 is 4.50. The van der Waals surface area contributed by atoms with Crippen LogP contribution >= 0.6 is 0 Å². The van der Waals surface area contributed by atoms with Crippen LogP contribution in [0.2, 0.25) is 0 Å². The highest BCUT2D eigenvalue weighted by atomic mass is 16.6. The zero-order valence-corrected chi connectivity index (χ0v) is 7.93. The average Bonchev–Trinajstić information content (AvgIpc) is 2.41. The van der Waals surface area contributed by atoms with E-state index in [1.54, 1.807) is 6.08 Å². The van der Waals surface area contributed by atoms with Crippen molar-refractivity contribution >= 4 is 17.9 Å². The third-order valence-corrected chi connectivity index (χ3v) is 2.81. The average molecular weight is 210 g/mol. The second-order valence-corrected chi connectivity index (χ2v) is 3.83. The van der Waals surface area contributed by atoms with E-state index in [0.29, 0.717) is 18.4 Å². The van der Waals surface area contributed by atoms with Gasteiger partial charge in [-0.05, 0) is 12.8 Å². The zero-order valence-electron chi connectivity index (χ0n) is 7.93. The Bertz CT molecular complexity index is 368. The molecule has 0 radical (unpaired) electrons. The number of allylic oxidation sites excluding steroid dienone is 1. The van der Waals surface area contributed by atoms with Gasteiger partial charge in [0, 0.05) is 0 Å². The first-order valence-corrected chi connectivity index (χ1v) is 4.73. The molecule has 15 heavy (non-hydrogen) atoms.